The van der Waals surface area contributed by atoms with Crippen LogP contribution in [0.25, 0.3) is 0 Å². The minimum atomic E-state index is -3.32. The number of carbonyl (C=O) groups excluding carboxylic acids is 1. The largest absolute Gasteiger partial charge is 1.00 e. The van der Waals surface area contributed by atoms with E-state index in [1.165, 1.54) is 24.3 Å². The zero-order chi connectivity index (χ0) is 10.8. The quantitative estimate of drug-likeness (QED) is 0.551. The molecule has 15 heavy (non-hydrogen) atoms. The molecule has 1 N–H and O–H groups in total. The van der Waals surface area contributed by atoms with Crippen LogP contribution in [0.15, 0.2) is 24.3 Å². The minimum absolute atomic E-state index is 0. The molecule has 0 unspecified atom stereocenters. The number of hydrogen-bond donors (Lipinski definition) is 1. The molecule has 1 aromatic carbocycles. The van der Waals surface area contributed by atoms with Crippen LogP contribution in [-0.2, 0) is 10.0 Å². The number of hydrogen-bond acceptors (Lipinski definition) is 4. The van der Waals surface area contributed by atoms with Crippen molar-refractivity contribution in [2.75, 3.05) is 11.0 Å². The molecule has 5 nitrogen and oxygen atoms in total. The summed E-state index contributed by atoms with van der Waals surface area (Å²) in [5.41, 5.74) is 0.321. The van der Waals surface area contributed by atoms with Crippen LogP contribution < -0.4 is 39.4 Å². The van der Waals surface area contributed by atoms with Crippen LogP contribution in [0, 0.1) is 0 Å². The molecule has 0 fully saturated rings. The maximum atomic E-state index is 10.8. The predicted octanol–water partition coefficient (Wildman–Crippen LogP) is -3.57. The number of anilines is 1. The zero-order valence-corrected chi connectivity index (χ0v) is 11.2. The van der Waals surface area contributed by atoms with Crippen molar-refractivity contribution in [3.05, 3.63) is 29.8 Å². The predicted molar refractivity (Wildman–Crippen MR) is 49.2 cm³/mol. The Hall–Kier alpha value is -0.560. The van der Waals surface area contributed by atoms with E-state index in [0.717, 1.165) is 6.26 Å². The maximum Gasteiger partial charge on any atom is 1.00 e. The monoisotopic (exact) mass is 237 g/mol. The fourth-order valence-electron chi connectivity index (χ4n) is 0.888. The average Bonchev–Trinajstić information content (AvgIpc) is 2.02. The molecule has 0 heterocycles. The standard InChI is InChI=1S/C8H9NO4S.Na/c1-14(12,13)9-7-4-2-6(3-5-7)8(10)11;/h2-5,9H,1H3,(H,10,11);/q;+1/p-1. The van der Waals surface area contributed by atoms with Gasteiger partial charge in [0.05, 0.1) is 12.2 Å². The van der Waals surface area contributed by atoms with Gasteiger partial charge in [-0.2, -0.15) is 0 Å². The van der Waals surface area contributed by atoms with Crippen molar-refractivity contribution in [1.82, 2.24) is 0 Å². The summed E-state index contributed by atoms with van der Waals surface area (Å²) in [7, 11) is -3.32. The van der Waals surface area contributed by atoms with Crippen molar-refractivity contribution in [1.29, 1.82) is 0 Å². The van der Waals surface area contributed by atoms with E-state index in [1.54, 1.807) is 0 Å². The fourth-order valence-corrected chi connectivity index (χ4v) is 1.45. The number of carboxylic acid groups (broad SMARTS) is 1. The number of carbonyl (C=O) groups is 1. The van der Waals surface area contributed by atoms with Crippen molar-refractivity contribution in [2.24, 2.45) is 0 Å². The van der Waals surface area contributed by atoms with Gasteiger partial charge in [-0.25, -0.2) is 8.42 Å². The number of carboxylic acids is 1. The van der Waals surface area contributed by atoms with Gasteiger partial charge in [0.15, 0.2) is 0 Å². The van der Waals surface area contributed by atoms with Crippen molar-refractivity contribution >= 4 is 21.7 Å². The number of rotatable bonds is 3. The molecule has 0 aromatic heterocycles. The van der Waals surface area contributed by atoms with Gasteiger partial charge in [-0.05, 0) is 17.7 Å². The molecule has 0 bridgehead atoms. The van der Waals surface area contributed by atoms with Gasteiger partial charge in [0.25, 0.3) is 0 Å². The number of aromatic carboxylic acids is 1. The molecule has 0 spiro atoms. The molecule has 0 amide bonds. The van der Waals surface area contributed by atoms with Crippen LogP contribution in [0.3, 0.4) is 0 Å². The Labute approximate surface area is 110 Å². The van der Waals surface area contributed by atoms with Crippen LogP contribution in [0.4, 0.5) is 5.69 Å². The molecule has 76 valence electrons. The van der Waals surface area contributed by atoms with Crippen LogP contribution in [-0.4, -0.2) is 20.6 Å². The second-order valence-corrected chi connectivity index (χ2v) is 4.49. The molecule has 7 heteroatoms. The van der Waals surface area contributed by atoms with Gasteiger partial charge in [0.2, 0.25) is 10.0 Å². The molecule has 0 aliphatic heterocycles. The molecular weight excluding hydrogens is 229 g/mol. The molecule has 0 saturated heterocycles. The molecule has 0 aliphatic rings. The Bertz CT molecular complexity index is 440. The van der Waals surface area contributed by atoms with Crippen molar-refractivity contribution in [3.63, 3.8) is 0 Å². The summed E-state index contributed by atoms with van der Waals surface area (Å²) in [6.07, 6.45) is 1.01. The summed E-state index contributed by atoms with van der Waals surface area (Å²) in [6, 6.07) is 5.24. The fraction of sp³-hybridized carbons (Fsp3) is 0.125. The first-order valence-corrected chi connectivity index (χ1v) is 5.57. The van der Waals surface area contributed by atoms with E-state index in [0.29, 0.717) is 5.69 Å². The van der Waals surface area contributed by atoms with Gasteiger partial charge in [0.1, 0.15) is 0 Å². The van der Waals surface area contributed by atoms with Crippen molar-refractivity contribution in [2.45, 2.75) is 0 Å². The number of sulfonamides is 1. The molecular formula is C8H8NNaO4S. The topological polar surface area (TPSA) is 86.3 Å². The molecule has 0 atom stereocenters. The van der Waals surface area contributed by atoms with E-state index in [2.05, 4.69) is 4.72 Å². The first-order valence-electron chi connectivity index (χ1n) is 3.68. The summed E-state index contributed by atoms with van der Waals surface area (Å²) < 4.78 is 23.8. The SMILES string of the molecule is CS(=O)(=O)Nc1ccc(C(=O)[O-])cc1.[Na+]. The Balaban J connectivity index is 0.00000196. The van der Waals surface area contributed by atoms with Gasteiger partial charge in [-0.3, -0.25) is 4.72 Å². The maximum absolute atomic E-state index is 10.8. The number of nitrogens with one attached hydrogen (secondary N) is 1. The van der Waals surface area contributed by atoms with E-state index in [9.17, 15) is 18.3 Å². The summed E-state index contributed by atoms with van der Waals surface area (Å²) in [6.45, 7) is 0. The van der Waals surface area contributed by atoms with Gasteiger partial charge in [-0.1, -0.05) is 12.1 Å². The third kappa shape index (κ3) is 5.17. The Morgan fingerprint density at radius 1 is 1.27 bits per heavy atom. The summed E-state index contributed by atoms with van der Waals surface area (Å²) in [4.78, 5) is 10.3. The Morgan fingerprint density at radius 2 is 1.73 bits per heavy atom. The summed E-state index contributed by atoms with van der Waals surface area (Å²) >= 11 is 0. The molecule has 1 rings (SSSR count). The Morgan fingerprint density at radius 3 is 2.07 bits per heavy atom. The van der Waals surface area contributed by atoms with Gasteiger partial charge >= 0.3 is 29.6 Å². The summed E-state index contributed by atoms with van der Waals surface area (Å²) in [5.74, 6) is -1.30. The summed E-state index contributed by atoms with van der Waals surface area (Å²) in [5, 5.41) is 10.3. The van der Waals surface area contributed by atoms with Crippen molar-refractivity contribution in [3.8, 4) is 0 Å². The average molecular weight is 237 g/mol. The van der Waals surface area contributed by atoms with Crippen LogP contribution >= 0.6 is 0 Å². The van der Waals surface area contributed by atoms with E-state index in [-0.39, 0.29) is 35.1 Å². The smallest absolute Gasteiger partial charge is 0.545 e. The van der Waals surface area contributed by atoms with E-state index < -0.39 is 16.0 Å². The zero-order valence-electron chi connectivity index (χ0n) is 8.35. The van der Waals surface area contributed by atoms with Crippen LogP contribution in [0.1, 0.15) is 10.4 Å². The molecule has 0 radical (unpaired) electrons. The van der Waals surface area contributed by atoms with Gasteiger partial charge in [-0.15, -0.1) is 0 Å². The second-order valence-electron chi connectivity index (χ2n) is 2.74. The molecule has 0 aliphatic carbocycles. The minimum Gasteiger partial charge on any atom is -0.545 e. The van der Waals surface area contributed by atoms with E-state index in [4.69, 9.17) is 0 Å². The van der Waals surface area contributed by atoms with Gasteiger partial charge in [0, 0.05) is 5.69 Å². The van der Waals surface area contributed by atoms with E-state index >= 15 is 0 Å². The molecule has 1 aromatic rings. The normalized spacial score (nSPS) is 10.2. The van der Waals surface area contributed by atoms with Gasteiger partial charge < -0.3 is 9.90 Å². The third-order valence-electron chi connectivity index (χ3n) is 1.42. The van der Waals surface area contributed by atoms with Crippen molar-refractivity contribution < 1.29 is 47.9 Å². The van der Waals surface area contributed by atoms with Crippen LogP contribution in [0.5, 0.6) is 0 Å². The van der Waals surface area contributed by atoms with Crippen LogP contribution in [0.2, 0.25) is 0 Å². The first kappa shape index (κ1) is 14.4. The number of benzene rings is 1. The van der Waals surface area contributed by atoms with E-state index in [1.807, 2.05) is 0 Å². The molecule has 0 saturated carbocycles. The first-order chi connectivity index (χ1) is 6.38. The second kappa shape index (κ2) is 5.50. The third-order valence-corrected chi connectivity index (χ3v) is 2.03. The Kier molecular flexibility index (Phi) is 5.30.